The summed E-state index contributed by atoms with van der Waals surface area (Å²) in [7, 11) is 0. The second-order valence-electron chi connectivity index (χ2n) is 4.93. The summed E-state index contributed by atoms with van der Waals surface area (Å²) in [5, 5.41) is 11.7. The van der Waals surface area contributed by atoms with Crippen molar-refractivity contribution in [2.45, 2.75) is 37.8 Å². The van der Waals surface area contributed by atoms with E-state index in [0.29, 0.717) is 12.1 Å². The van der Waals surface area contributed by atoms with E-state index < -0.39 is 0 Å². The van der Waals surface area contributed by atoms with Crippen LogP contribution < -0.4 is 11.1 Å². The van der Waals surface area contributed by atoms with Crippen LogP contribution in [0.5, 0.6) is 0 Å². The van der Waals surface area contributed by atoms with Crippen LogP contribution in [0.3, 0.4) is 0 Å². The number of hydrogen-bond acceptors (Lipinski definition) is 3. The monoisotopic (exact) mass is 230 g/mol. The largest absolute Gasteiger partial charge is 0.382 e. The van der Waals surface area contributed by atoms with Gasteiger partial charge in [0.25, 0.3) is 0 Å². The predicted molar refractivity (Wildman–Crippen MR) is 69.9 cm³/mol. The highest BCUT2D eigenvalue weighted by Crippen LogP contribution is 2.23. The molecule has 1 saturated carbocycles. The third kappa shape index (κ3) is 2.26. The molecule has 4 heteroatoms. The van der Waals surface area contributed by atoms with Gasteiger partial charge in [-0.05, 0) is 43.9 Å². The van der Waals surface area contributed by atoms with E-state index in [4.69, 9.17) is 5.73 Å². The van der Waals surface area contributed by atoms with Crippen molar-refractivity contribution in [3.05, 3.63) is 24.4 Å². The summed E-state index contributed by atoms with van der Waals surface area (Å²) in [5.41, 5.74) is 8.18. The van der Waals surface area contributed by atoms with Gasteiger partial charge in [-0.1, -0.05) is 0 Å². The van der Waals surface area contributed by atoms with E-state index in [1.165, 1.54) is 18.5 Å². The normalized spacial score (nSPS) is 25.0. The molecule has 1 aromatic carbocycles. The zero-order valence-electron chi connectivity index (χ0n) is 9.82. The molecule has 0 aliphatic heterocycles. The van der Waals surface area contributed by atoms with Crippen LogP contribution in [0.15, 0.2) is 24.4 Å². The lowest BCUT2D eigenvalue weighted by atomic mass is 9.91. The highest BCUT2D eigenvalue weighted by atomic mass is 15.1. The zero-order valence-corrected chi connectivity index (χ0v) is 9.82. The van der Waals surface area contributed by atoms with Crippen molar-refractivity contribution in [1.82, 2.24) is 10.2 Å². The number of anilines is 1. The van der Waals surface area contributed by atoms with Gasteiger partial charge in [-0.2, -0.15) is 5.10 Å². The van der Waals surface area contributed by atoms with Crippen LogP contribution in [0, 0.1) is 0 Å². The summed E-state index contributed by atoms with van der Waals surface area (Å²) in [6, 6.07) is 7.30. The van der Waals surface area contributed by atoms with Crippen LogP contribution in [0.25, 0.3) is 10.9 Å². The van der Waals surface area contributed by atoms with Crippen molar-refractivity contribution in [3.8, 4) is 0 Å². The lowest BCUT2D eigenvalue weighted by Crippen LogP contribution is -2.32. The molecule has 3 rings (SSSR count). The molecule has 0 unspecified atom stereocenters. The van der Waals surface area contributed by atoms with Gasteiger partial charge in [0.15, 0.2) is 0 Å². The Morgan fingerprint density at radius 2 is 2.06 bits per heavy atom. The van der Waals surface area contributed by atoms with Crippen LogP contribution in [0.2, 0.25) is 0 Å². The highest BCUT2D eigenvalue weighted by Gasteiger charge is 2.18. The minimum absolute atomic E-state index is 0.407. The van der Waals surface area contributed by atoms with E-state index >= 15 is 0 Å². The van der Waals surface area contributed by atoms with Crippen LogP contribution in [0.4, 0.5) is 5.69 Å². The number of aromatic nitrogens is 2. The average molecular weight is 230 g/mol. The molecule has 1 fully saturated rings. The van der Waals surface area contributed by atoms with Gasteiger partial charge < -0.3 is 11.1 Å². The zero-order chi connectivity index (χ0) is 11.7. The van der Waals surface area contributed by atoms with Gasteiger partial charge in [0.2, 0.25) is 0 Å². The van der Waals surface area contributed by atoms with Crippen molar-refractivity contribution in [1.29, 1.82) is 0 Å². The molecule has 17 heavy (non-hydrogen) atoms. The molecule has 0 atom stereocenters. The smallest absolute Gasteiger partial charge is 0.0651 e. The van der Waals surface area contributed by atoms with Gasteiger partial charge in [0.05, 0.1) is 11.7 Å². The van der Waals surface area contributed by atoms with Crippen molar-refractivity contribution in [2.24, 2.45) is 5.73 Å². The van der Waals surface area contributed by atoms with Crippen LogP contribution >= 0.6 is 0 Å². The van der Waals surface area contributed by atoms with E-state index in [1.807, 2.05) is 6.20 Å². The molecular formula is C13H18N4. The second-order valence-corrected chi connectivity index (χ2v) is 4.93. The molecule has 0 saturated heterocycles. The van der Waals surface area contributed by atoms with Crippen LogP contribution in [-0.2, 0) is 0 Å². The fraction of sp³-hybridized carbons (Fsp3) is 0.462. The number of nitrogens with two attached hydrogens (primary N) is 1. The Morgan fingerprint density at radius 1 is 1.24 bits per heavy atom. The molecule has 2 aromatic rings. The number of benzene rings is 1. The minimum atomic E-state index is 0.407. The first-order chi connectivity index (χ1) is 8.31. The number of nitrogens with zero attached hydrogens (tertiary/aromatic N) is 1. The lowest BCUT2D eigenvalue weighted by Gasteiger charge is -2.27. The van der Waals surface area contributed by atoms with Crippen molar-refractivity contribution in [3.63, 3.8) is 0 Å². The maximum atomic E-state index is 5.91. The summed E-state index contributed by atoms with van der Waals surface area (Å²) < 4.78 is 0. The molecule has 4 N–H and O–H groups in total. The molecule has 0 bridgehead atoms. The van der Waals surface area contributed by atoms with E-state index in [9.17, 15) is 0 Å². The van der Waals surface area contributed by atoms with E-state index in [0.717, 1.165) is 23.7 Å². The van der Waals surface area contributed by atoms with Gasteiger partial charge in [0, 0.05) is 23.2 Å². The average Bonchev–Trinajstić information content (AvgIpc) is 2.79. The van der Waals surface area contributed by atoms with E-state index in [2.05, 4.69) is 33.7 Å². The molecule has 1 aliphatic rings. The Balaban J connectivity index is 1.71. The number of hydrogen-bond donors (Lipinski definition) is 3. The number of rotatable bonds is 2. The van der Waals surface area contributed by atoms with Crippen molar-refractivity contribution < 1.29 is 0 Å². The third-order valence-corrected chi connectivity index (χ3v) is 3.58. The molecule has 0 spiro atoms. The number of aromatic amines is 1. The quantitative estimate of drug-likeness (QED) is 0.741. The maximum absolute atomic E-state index is 5.91. The first kappa shape index (κ1) is 10.6. The third-order valence-electron chi connectivity index (χ3n) is 3.58. The number of nitrogens with one attached hydrogen (secondary N) is 2. The van der Waals surface area contributed by atoms with Gasteiger partial charge in [0.1, 0.15) is 0 Å². The molecule has 1 aromatic heterocycles. The first-order valence-corrected chi connectivity index (χ1v) is 6.26. The van der Waals surface area contributed by atoms with E-state index in [-0.39, 0.29) is 0 Å². The molecule has 90 valence electrons. The Kier molecular flexibility index (Phi) is 2.73. The SMILES string of the molecule is NC1CCC(Nc2ccc3[nH]ncc3c2)CC1. The fourth-order valence-electron chi connectivity index (χ4n) is 2.53. The van der Waals surface area contributed by atoms with Gasteiger partial charge >= 0.3 is 0 Å². The maximum Gasteiger partial charge on any atom is 0.0651 e. The molecule has 0 amide bonds. The molecule has 4 nitrogen and oxygen atoms in total. The standard InChI is InChI=1S/C13H18N4/c14-10-1-3-11(4-2-10)16-12-5-6-13-9(7-12)8-15-17-13/h5-8,10-11,16H,1-4,14H2,(H,15,17). The van der Waals surface area contributed by atoms with Crippen LogP contribution in [0.1, 0.15) is 25.7 Å². The molecular weight excluding hydrogens is 212 g/mol. The predicted octanol–water partition coefficient (Wildman–Crippen LogP) is 2.24. The molecule has 1 aliphatic carbocycles. The summed E-state index contributed by atoms with van der Waals surface area (Å²) >= 11 is 0. The Bertz CT molecular complexity index is 497. The summed E-state index contributed by atoms with van der Waals surface area (Å²) in [6.45, 7) is 0. The van der Waals surface area contributed by atoms with E-state index in [1.54, 1.807) is 0 Å². The van der Waals surface area contributed by atoms with Gasteiger partial charge in [-0.3, -0.25) is 5.10 Å². The number of fused-ring (bicyclic) bond motifs is 1. The van der Waals surface area contributed by atoms with Crippen molar-refractivity contribution in [2.75, 3.05) is 5.32 Å². The summed E-state index contributed by atoms with van der Waals surface area (Å²) in [4.78, 5) is 0. The topological polar surface area (TPSA) is 66.7 Å². The first-order valence-electron chi connectivity index (χ1n) is 6.26. The summed E-state index contributed by atoms with van der Waals surface area (Å²) in [5.74, 6) is 0. The summed E-state index contributed by atoms with van der Waals surface area (Å²) in [6.07, 6.45) is 6.46. The highest BCUT2D eigenvalue weighted by molar-refractivity contribution is 5.81. The van der Waals surface area contributed by atoms with Gasteiger partial charge in [-0.15, -0.1) is 0 Å². The minimum Gasteiger partial charge on any atom is -0.382 e. The Labute approximate surface area is 101 Å². The Hall–Kier alpha value is -1.55. The Morgan fingerprint density at radius 3 is 2.88 bits per heavy atom. The molecule has 1 heterocycles. The molecule has 0 radical (unpaired) electrons. The lowest BCUT2D eigenvalue weighted by molar-refractivity contribution is 0.411. The second kappa shape index (κ2) is 4.37. The van der Waals surface area contributed by atoms with Crippen LogP contribution in [-0.4, -0.2) is 22.3 Å². The number of H-pyrrole nitrogens is 1. The van der Waals surface area contributed by atoms with Crippen molar-refractivity contribution >= 4 is 16.6 Å². The fourth-order valence-corrected chi connectivity index (χ4v) is 2.53. The van der Waals surface area contributed by atoms with Gasteiger partial charge in [-0.25, -0.2) is 0 Å².